The summed E-state index contributed by atoms with van der Waals surface area (Å²) in [6, 6.07) is 10.3. The number of benzene rings is 1. The van der Waals surface area contributed by atoms with Gasteiger partial charge in [-0.2, -0.15) is 5.10 Å². The predicted octanol–water partition coefficient (Wildman–Crippen LogP) is 2.00. The van der Waals surface area contributed by atoms with Gasteiger partial charge in [0.05, 0.1) is 18.9 Å². The van der Waals surface area contributed by atoms with Crippen molar-refractivity contribution in [1.29, 1.82) is 0 Å². The molecule has 1 aliphatic rings. The zero-order chi connectivity index (χ0) is 13.1. The van der Waals surface area contributed by atoms with Gasteiger partial charge >= 0.3 is 0 Å². The topological polar surface area (TPSA) is 39.1 Å². The smallest absolute Gasteiger partial charge is 0.0690 e. The van der Waals surface area contributed by atoms with Crippen molar-refractivity contribution in [3.05, 3.63) is 48.3 Å². The standard InChI is InChI=1S/C15H19N3O/c1-15(11-19-12-15)10-16-9-13-5-2-3-6-14(13)18-8-4-7-17-18/h2-8,16H,9-12H2,1H3. The van der Waals surface area contributed by atoms with Crippen LogP contribution in [0.2, 0.25) is 0 Å². The third-order valence-electron chi connectivity index (χ3n) is 3.51. The van der Waals surface area contributed by atoms with Crippen LogP contribution >= 0.6 is 0 Å². The SMILES string of the molecule is CC1(CNCc2ccccc2-n2cccn2)COC1. The minimum atomic E-state index is 0.306. The van der Waals surface area contributed by atoms with Crippen LogP contribution in [-0.4, -0.2) is 29.5 Å². The highest BCUT2D eigenvalue weighted by Crippen LogP contribution is 2.25. The molecule has 1 N–H and O–H groups in total. The fourth-order valence-corrected chi connectivity index (χ4v) is 2.35. The van der Waals surface area contributed by atoms with Crippen molar-refractivity contribution in [2.45, 2.75) is 13.5 Å². The van der Waals surface area contributed by atoms with E-state index in [1.807, 2.05) is 23.0 Å². The third kappa shape index (κ3) is 2.69. The minimum absolute atomic E-state index is 0.306. The van der Waals surface area contributed by atoms with Gasteiger partial charge in [-0.25, -0.2) is 4.68 Å². The molecule has 0 spiro atoms. The van der Waals surface area contributed by atoms with Crippen LogP contribution in [-0.2, 0) is 11.3 Å². The Balaban J connectivity index is 1.67. The zero-order valence-electron chi connectivity index (χ0n) is 11.2. The normalized spacial score (nSPS) is 17.1. The Hall–Kier alpha value is -1.65. The van der Waals surface area contributed by atoms with Gasteiger partial charge in [0.2, 0.25) is 0 Å². The van der Waals surface area contributed by atoms with Crippen molar-refractivity contribution in [1.82, 2.24) is 15.1 Å². The molecule has 0 unspecified atom stereocenters. The summed E-state index contributed by atoms with van der Waals surface area (Å²) in [6.45, 7) is 5.82. The molecule has 0 radical (unpaired) electrons. The van der Waals surface area contributed by atoms with Crippen molar-refractivity contribution in [3.8, 4) is 5.69 Å². The molecule has 0 amide bonds. The summed E-state index contributed by atoms with van der Waals surface area (Å²) in [5.74, 6) is 0. The first-order chi connectivity index (χ1) is 9.27. The summed E-state index contributed by atoms with van der Waals surface area (Å²) in [5, 5.41) is 7.83. The van der Waals surface area contributed by atoms with E-state index in [0.717, 1.165) is 32.0 Å². The molecule has 0 aliphatic carbocycles. The summed E-state index contributed by atoms with van der Waals surface area (Å²) in [5.41, 5.74) is 2.70. The molecule has 3 rings (SSSR count). The van der Waals surface area contributed by atoms with Crippen LogP contribution in [0.5, 0.6) is 0 Å². The lowest BCUT2D eigenvalue weighted by Crippen LogP contribution is -2.47. The average Bonchev–Trinajstić information content (AvgIpc) is 2.91. The van der Waals surface area contributed by atoms with Gasteiger partial charge in [-0.15, -0.1) is 0 Å². The molecule has 19 heavy (non-hydrogen) atoms. The van der Waals surface area contributed by atoms with Gasteiger partial charge in [0.1, 0.15) is 0 Å². The number of ether oxygens (including phenoxy) is 1. The van der Waals surface area contributed by atoms with E-state index in [9.17, 15) is 0 Å². The molecule has 1 aliphatic heterocycles. The van der Waals surface area contributed by atoms with Gasteiger partial charge in [0, 0.05) is 30.9 Å². The summed E-state index contributed by atoms with van der Waals surface area (Å²) in [7, 11) is 0. The Bertz CT molecular complexity index is 532. The van der Waals surface area contributed by atoms with Crippen molar-refractivity contribution < 1.29 is 4.74 Å². The Labute approximate surface area is 113 Å². The lowest BCUT2D eigenvalue weighted by atomic mass is 9.89. The van der Waals surface area contributed by atoms with E-state index in [-0.39, 0.29) is 0 Å². The first kappa shape index (κ1) is 12.4. The molecule has 1 aromatic heterocycles. The van der Waals surface area contributed by atoms with Crippen molar-refractivity contribution in [2.24, 2.45) is 5.41 Å². The second-order valence-electron chi connectivity index (χ2n) is 5.49. The number of nitrogens with one attached hydrogen (secondary N) is 1. The van der Waals surface area contributed by atoms with Crippen LogP contribution < -0.4 is 5.32 Å². The Morgan fingerprint density at radius 3 is 2.84 bits per heavy atom. The molecule has 2 aromatic rings. The second-order valence-corrected chi connectivity index (χ2v) is 5.49. The number of hydrogen-bond acceptors (Lipinski definition) is 3. The molecule has 0 saturated carbocycles. The van der Waals surface area contributed by atoms with Crippen LogP contribution in [0.3, 0.4) is 0 Å². The fourth-order valence-electron chi connectivity index (χ4n) is 2.35. The summed E-state index contributed by atoms with van der Waals surface area (Å²) in [4.78, 5) is 0. The number of nitrogens with zero attached hydrogens (tertiary/aromatic N) is 2. The molecular formula is C15H19N3O. The molecule has 1 saturated heterocycles. The predicted molar refractivity (Wildman–Crippen MR) is 74.2 cm³/mol. The summed E-state index contributed by atoms with van der Waals surface area (Å²) in [6.07, 6.45) is 3.77. The van der Waals surface area contributed by atoms with Crippen LogP contribution in [0, 0.1) is 5.41 Å². The monoisotopic (exact) mass is 257 g/mol. The summed E-state index contributed by atoms with van der Waals surface area (Å²) >= 11 is 0. The fraction of sp³-hybridized carbons (Fsp3) is 0.400. The molecule has 1 aromatic carbocycles. The van der Waals surface area contributed by atoms with Crippen molar-refractivity contribution in [2.75, 3.05) is 19.8 Å². The highest BCUT2D eigenvalue weighted by molar-refractivity contribution is 5.40. The van der Waals surface area contributed by atoms with Crippen LogP contribution in [0.4, 0.5) is 0 Å². The average molecular weight is 257 g/mol. The maximum atomic E-state index is 5.27. The molecule has 1 fully saturated rings. The van der Waals surface area contributed by atoms with E-state index >= 15 is 0 Å². The van der Waals surface area contributed by atoms with Crippen LogP contribution in [0.25, 0.3) is 5.69 Å². The molecule has 0 atom stereocenters. The highest BCUT2D eigenvalue weighted by Gasteiger charge is 2.32. The third-order valence-corrected chi connectivity index (χ3v) is 3.51. The van der Waals surface area contributed by atoms with Gasteiger partial charge < -0.3 is 10.1 Å². The van der Waals surface area contributed by atoms with Gasteiger partial charge in [0.25, 0.3) is 0 Å². The van der Waals surface area contributed by atoms with E-state index in [2.05, 4.69) is 35.5 Å². The van der Waals surface area contributed by atoms with E-state index in [1.54, 1.807) is 6.20 Å². The Morgan fingerprint density at radius 1 is 1.32 bits per heavy atom. The largest absolute Gasteiger partial charge is 0.380 e. The first-order valence-corrected chi connectivity index (χ1v) is 6.63. The lowest BCUT2D eigenvalue weighted by molar-refractivity contribution is -0.0991. The van der Waals surface area contributed by atoms with E-state index in [4.69, 9.17) is 4.74 Å². The Kier molecular flexibility index (Phi) is 3.36. The van der Waals surface area contributed by atoms with E-state index in [0.29, 0.717) is 5.41 Å². The van der Waals surface area contributed by atoms with Crippen LogP contribution in [0.15, 0.2) is 42.7 Å². The number of aromatic nitrogens is 2. The van der Waals surface area contributed by atoms with E-state index in [1.165, 1.54) is 5.56 Å². The molecule has 100 valence electrons. The quantitative estimate of drug-likeness (QED) is 0.890. The van der Waals surface area contributed by atoms with E-state index < -0.39 is 0 Å². The van der Waals surface area contributed by atoms with Crippen LogP contribution in [0.1, 0.15) is 12.5 Å². The Morgan fingerprint density at radius 2 is 2.16 bits per heavy atom. The van der Waals surface area contributed by atoms with Crippen molar-refractivity contribution in [3.63, 3.8) is 0 Å². The number of hydrogen-bond donors (Lipinski definition) is 1. The maximum absolute atomic E-state index is 5.27. The van der Waals surface area contributed by atoms with Gasteiger partial charge in [-0.1, -0.05) is 25.1 Å². The maximum Gasteiger partial charge on any atom is 0.0690 e. The number of rotatable bonds is 5. The molecule has 0 bridgehead atoms. The molecule has 4 heteroatoms. The first-order valence-electron chi connectivity index (χ1n) is 6.63. The van der Waals surface area contributed by atoms with Crippen molar-refractivity contribution >= 4 is 0 Å². The van der Waals surface area contributed by atoms with Gasteiger partial charge in [-0.3, -0.25) is 0 Å². The van der Waals surface area contributed by atoms with Gasteiger partial charge in [0.15, 0.2) is 0 Å². The highest BCUT2D eigenvalue weighted by atomic mass is 16.5. The van der Waals surface area contributed by atoms with Gasteiger partial charge in [-0.05, 0) is 17.7 Å². The number of para-hydroxylation sites is 1. The summed E-state index contributed by atoms with van der Waals surface area (Å²) < 4.78 is 7.18. The minimum Gasteiger partial charge on any atom is -0.380 e. The molecular weight excluding hydrogens is 238 g/mol. The second kappa shape index (κ2) is 5.15. The lowest BCUT2D eigenvalue weighted by Gasteiger charge is -2.38. The molecule has 4 nitrogen and oxygen atoms in total. The molecule has 2 heterocycles. The zero-order valence-corrected chi connectivity index (χ0v) is 11.2.